The van der Waals surface area contributed by atoms with Crippen LogP contribution >= 0.6 is 0 Å². The molecular weight excluding hydrogens is 308 g/mol. The number of rotatable bonds is 3. The number of benzene rings is 1. The summed E-state index contributed by atoms with van der Waals surface area (Å²) < 4.78 is 7.55. The number of nitrogens with zero attached hydrogens (tertiary/aromatic N) is 4. The predicted octanol–water partition coefficient (Wildman–Crippen LogP) is 1.19. The standard InChI is InChI=1S/C17H20N4O3/c1-11-18-15(20(2)19-11)8-21-7-13-12-5-3-4-6-14(12)24-10-17(13,9-21)16(22)23/h3-6,13H,7-10H2,1-2H3,(H,22,23)/t13-,17-/m1/s1. The van der Waals surface area contributed by atoms with E-state index < -0.39 is 11.4 Å². The first-order valence-corrected chi connectivity index (χ1v) is 8.03. The van der Waals surface area contributed by atoms with Gasteiger partial charge in [0.05, 0.1) is 6.54 Å². The lowest BCUT2D eigenvalue weighted by Gasteiger charge is -2.35. The average molecular weight is 328 g/mol. The van der Waals surface area contributed by atoms with Crippen LogP contribution < -0.4 is 4.74 Å². The number of hydrogen-bond acceptors (Lipinski definition) is 5. The van der Waals surface area contributed by atoms with Gasteiger partial charge in [-0.1, -0.05) is 18.2 Å². The van der Waals surface area contributed by atoms with Crippen molar-refractivity contribution in [2.75, 3.05) is 19.7 Å². The first kappa shape index (κ1) is 15.1. The number of fused-ring (bicyclic) bond motifs is 3. The van der Waals surface area contributed by atoms with Crippen molar-refractivity contribution >= 4 is 5.97 Å². The third kappa shape index (κ3) is 2.19. The molecule has 0 radical (unpaired) electrons. The topological polar surface area (TPSA) is 80.5 Å². The molecule has 1 aromatic heterocycles. The highest BCUT2D eigenvalue weighted by atomic mass is 16.5. The number of para-hydroxylation sites is 1. The first-order valence-electron chi connectivity index (χ1n) is 8.03. The molecule has 1 aromatic carbocycles. The van der Waals surface area contributed by atoms with Crippen LogP contribution in [0.2, 0.25) is 0 Å². The van der Waals surface area contributed by atoms with Crippen LogP contribution in [-0.2, 0) is 18.4 Å². The lowest BCUT2D eigenvalue weighted by molar-refractivity contribution is -0.151. The lowest BCUT2D eigenvalue weighted by atomic mass is 9.73. The molecule has 7 nitrogen and oxygen atoms in total. The van der Waals surface area contributed by atoms with Crippen molar-refractivity contribution in [1.82, 2.24) is 19.7 Å². The Kier molecular flexibility index (Phi) is 3.35. The Bertz CT molecular complexity index is 803. The minimum atomic E-state index is -0.901. The first-order chi connectivity index (χ1) is 11.5. The summed E-state index contributed by atoms with van der Waals surface area (Å²) in [6, 6.07) is 7.75. The number of hydrogen-bond donors (Lipinski definition) is 1. The highest BCUT2D eigenvalue weighted by molar-refractivity contribution is 5.78. The van der Waals surface area contributed by atoms with E-state index in [1.165, 1.54) is 0 Å². The van der Waals surface area contributed by atoms with Crippen LogP contribution in [-0.4, -0.2) is 50.4 Å². The number of aryl methyl sites for hydroxylation is 2. The van der Waals surface area contributed by atoms with E-state index >= 15 is 0 Å². The van der Waals surface area contributed by atoms with Crippen molar-refractivity contribution in [3.05, 3.63) is 41.5 Å². The van der Waals surface area contributed by atoms with Crippen LogP contribution in [0.5, 0.6) is 5.75 Å². The van der Waals surface area contributed by atoms with Gasteiger partial charge in [0.2, 0.25) is 0 Å². The van der Waals surface area contributed by atoms with Crippen molar-refractivity contribution in [3.63, 3.8) is 0 Å². The molecule has 7 heteroatoms. The van der Waals surface area contributed by atoms with Crippen LogP contribution in [0, 0.1) is 12.3 Å². The third-order valence-electron chi connectivity index (χ3n) is 5.14. The molecule has 4 rings (SSSR count). The molecule has 1 N–H and O–H groups in total. The van der Waals surface area contributed by atoms with E-state index in [0.717, 1.165) is 23.0 Å². The maximum atomic E-state index is 12.1. The number of carboxylic acids is 1. The summed E-state index contributed by atoms with van der Waals surface area (Å²) in [6.07, 6.45) is 0. The quantitative estimate of drug-likeness (QED) is 0.911. The van der Waals surface area contributed by atoms with Gasteiger partial charge in [0.1, 0.15) is 29.4 Å². The fraction of sp³-hybridized carbons (Fsp3) is 0.471. The second kappa shape index (κ2) is 5.31. The Morgan fingerprint density at radius 3 is 2.96 bits per heavy atom. The monoisotopic (exact) mass is 328 g/mol. The molecule has 24 heavy (non-hydrogen) atoms. The van der Waals surface area contributed by atoms with E-state index in [2.05, 4.69) is 15.0 Å². The molecule has 2 aliphatic rings. The molecule has 0 bridgehead atoms. The predicted molar refractivity (Wildman–Crippen MR) is 85.8 cm³/mol. The van der Waals surface area contributed by atoms with Crippen LogP contribution in [0.25, 0.3) is 0 Å². The van der Waals surface area contributed by atoms with Gasteiger partial charge >= 0.3 is 5.97 Å². The summed E-state index contributed by atoms with van der Waals surface area (Å²) in [5.41, 5.74) is 0.0879. The van der Waals surface area contributed by atoms with Gasteiger partial charge < -0.3 is 9.84 Å². The molecule has 2 aromatic rings. The summed E-state index contributed by atoms with van der Waals surface area (Å²) >= 11 is 0. The molecular formula is C17H20N4O3. The van der Waals surface area contributed by atoms with Crippen LogP contribution in [0.15, 0.2) is 24.3 Å². The number of aromatic nitrogens is 3. The number of ether oxygens (including phenoxy) is 1. The minimum absolute atomic E-state index is 0.0747. The molecule has 0 unspecified atom stereocenters. The molecule has 0 saturated carbocycles. The highest BCUT2D eigenvalue weighted by Gasteiger charge is 2.56. The summed E-state index contributed by atoms with van der Waals surface area (Å²) in [7, 11) is 1.86. The zero-order chi connectivity index (χ0) is 16.9. The van der Waals surface area contributed by atoms with Gasteiger partial charge in [-0.25, -0.2) is 4.98 Å². The molecule has 1 fully saturated rings. The van der Waals surface area contributed by atoms with Crippen LogP contribution in [0.4, 0.5) is 0 Å². The van der Waals surface area contributed by atoms with E-state index in [0.29, 0.717) is 19.6 Å². The zero-order valence-corrected chi connectivity index (χ0v) is 13.8. The normalized spacial score (nSPS) is 25.8. The van der Waals surface area contributed by atoms with Gasteiger partial charge in [0.15, 0.2) is 0 Å². The van der Waals surface area contributed by atoms with Crippen molar-refractivity contribution in [2.24, 2.45) is 12.5 Å². The van der Waals surface area contributed by atoms with Gasteiger partial charge in [-0.3, -0.25) is 14.4 Å². The molecule has 0 aliphatic carbocycles. The van der Waals surface area contributed by atoms with Gasteiger partial charge in [-0.05, 0) is 18.6 Å². The van der Waals surface area contributed by atoms with E-state index in [9.17, 15) is 9.90 Å². The molecule has 3 heterocycles. The molecule has 2 aliphatic heterocycles. The summed E-state index contributed by atoms with van der Waals surface area (Å²) in [6.45, 7) is 3.78. The van der Waals surface area contributed by atoms with E-state index in [1.807, 2.05) is 38.2 Å². The summed E-state index contributed by atoms with van der Waals surface area (Å²) in [5, 5.41) is 14.2. The second-order valence-corrected chi connectivity index (χ2v) is 6.71. The van der Waals surface area contributed by atoms with E-state index in [4.69, 9.17) is 4.74 Å². The number of aliphatic carboxylic acids is 1. The lowest BCUT2D eigenvalue weighted by Crippen LogP contribution is -2.45. The Hall–Kier alpha value is -2.41. The van der Waals surface area contributed by atoms with Crippen LogP contribution in [0.1, 0.15) is 23.1 Å². The average Bonchev–Trinajstić information content (AvgIpc) is 3.08. The van der Waals surface area contributed by atoms with E-state index in [1.54, 1.807) is 4.68 Å². The maximum Gasteiger partial charge on any atom is 0.315 e. The van der Waals surface area contributed by atoms with Gasteiger partial charge in [0.25, 0.3) is 0 Å². The Labute approximate surface area is 139 Å². The van der Waals surface area contributed by atoms with Crippen LogP contribution in [0.3, 0.4) is 0 Å². The third-order valence-corrected chi connectivity index (χ3v) is 5.14. The maximum absolute atomic E-state index is 12.1. The van der Waals surface area contributed by atoms with Crippen molar-refractivity contribution < 1.29 is 14.6 Å². The SMILES string of the molecule is Cc1nc(CN2C[C@@H]3c4ccccc4OC[C@]3(C(=O)O)C2)n(C)n1. The molecule has 0 amide bonds. The molecule has 0 spiro atoms. The fourth-order valence-electron chi connectivity index (χ4n) is 3.95. The number of likely N-dealkylation sites (tertiary alicyclic amines) is 1. The van der Waals surface area contributed by atoms with Crippen molar-refractivity contribution in [1.29, 1.82) is 0 Å². The molecule has 2 atom stereocenters. The Morgan fingerprint density at radius 1 is 1.46 bits per heavy atom. The fourth-order valence-corrected chi connectivity index (χ4v) is 3.95. The van der Waals surface area contributed by atoms with Crippen molar-refractivity contribution in [3.8, 4) is 5.75 Å². The van der Waals surface area contributed by atoms with Gasteiger partial charge in [-0.2, -0.15) is 5.10 Å². The highest BCUT2D eigenvalue weighted by Crippen LogP contribution is 2.49. The van der Waals surface area contributed by atoms with E-state index in [-0.39, 0.29) is 12.5 Å². The Balaban J connectivity index is 1.66. The Morgan fingerprint density at radius 2 is 2.25 bits per heavy atom. The largest absolute Gasteiger partial charge is 0.492 e. The minimum Gasteiger partial charge on any atom is -0.492 e. The summed E-state index contributed by atoms with van der Waals surface area (Å²) in [4.78, 5) is 18.7. The number of carboxylic acid groups (broad SMARTS) is 1. The van der Waals surface area contributed by atoms with Gasteiger partial charge in [0, 0.05) is 26.1 Å². The number of carbonyl (C=O) groups is 1. The second-order valence-electron chi connectivity index (χ2n) is 6.71. The summed E-state index contributed by atoms with van der Waals surface area (Å²) in [5.74, 6) is 1.51. The zero-order valence-electron chi connectivity index (χ0n) is 13.8. The van der Waals surface area contributed by atoms with Gasteiger partial charge in [-0.15, -0.1) is 0 Å². The smallest absolute Gasteiger partial charge is 0.315 e. The molecule has 126 valence electrons. The molecule has 1 saturated heterocycles. The van der Waals surface area contributed by atoms with Crippen molar-refractivity contribution in [2.45, 2.75) is 19.4 Å².